The lowest BCUT2D eigenvalue weighted by molar-refractivity contribution is -0.137. The van der Waals surface area contributed by atoms with Crippen molar-refractivity contribution in [1.29, 1.82) is 0 Å². The molecule has 7 heteroatoms. The van der Waals surface area contributed by atoms with Crippen LogP contribution in [0, 0.1) is 27.7 Å². The highest BCUT2D eigenvalue weighted by Crippen LogP contribution is 2.35. The maximum absolute atomic E-state index is 13.4. The lowest BCUT2D eigenvalue weighted by Gasteiger charge is -2.15. The molecule has 0 saturated heterocycles. The number of anilines is 1. The van der Waals surface area contributed by atoms with Crippen molar-refractivity contribution in [3.63, 3.8) is 0 Å². The van der Waals surface area contributed by atoms with E-state index in [0.29, 0.717) is 10.1 Å². The Balaban J connectivity index is 1.72. The van der Waals surface area contributed by atoms with Crippen LogP contribution in [0.2, 0.25) is 0 Å². The molecule has 0 bridgehead atoms. The molecule has 6 nitrogen and oxygen atoms in total. The highest BCUT2D eigenvalue weighted by atomic mass is 32.2. The van der Waals surface area contributed by atoms with E-state index in [1.807, 2.05) is 82.3 Å². The SMILES string of the molecule is Cc1ccc(NC2=C(Sc3nc(C)cc(C)n3)C(=O)N(Cc3ccccc3)C2=O)c(C)c1. The molecule has 0 spiro atoms. The second-order valence-electron chi connectivity index (χ2n) is 7.86. The number of nitrogens with one attached hydrogen (secondary N) is 1. The van der Waals surface area contributed by atoms with Gasteiger partial charge in [0.15, 0.2) is 5.16 Å². The molecule has 0 fully saturated rings. The van der Waals surface area contributed by atoms with E-state index in [-0.39, 0.29) is 24.1 Å². The number of carbonyl (C=O) groups is 2. The van der Waals surface area contributed by atoms with Crippen molar-refractivity contribution in [2.75, 3.05) is 5.32 Å². The standard InChI is InChI=1S/C25H24N4O2S/c1-15-10-11-20(16(2)12-15)28-21-22(32-25-26-17(3)13-18(4)27-25)24(31)29(23(21)30)14-19-8-6-5-7-9-19/h5-13,28H,14H2,1-4H3. The van der Waals surface area contributed by atoms with E-state index in [1.165, 1.54) is 4.90 Å². The van der Waals surface area contributed by atoms with Crippen molar-refractivity contribution in [2.24, 2.45) is 0 Å². The predicted octanol–water partition coefficient (Wildman–Crippen LogP) is 4.70. The maximum Gasteiger partial charge on any atom is 0.278 e. The summed E-state index contributed by atoms with van der Waals surface area (Å²) in [5, 5.41) is 3.67. The van der Waals surface area contributed by atoms with Gasteiger partial charge in [-0.15, -0.1) is 0 Å². The first-order valence-electron chi connectivity index (χ1n) is 10.3. The molecule has 0 aliphatic carbocycles. The molecule has 1 aromatic heterocycles. The smallest absolute Gasteiger partial charge is 0.278 e. The summed E-state index contributed by atoms with van der Waals surface area (Å²) in [6.45, 7) is 7.95. The number of carbonyl (C=O) groups excluding carboxylic acids is 2. The molecule has 2 aromatic carbocycles. The Morgan fingerprint density at radius 1 is 0.875 bits per heavy atom. The molecular weight excluding hydrogens is 420 g/mol. The third-order valence-corrected chi connectivity index (χ3v) is 6.05. The minimum atomic E-state index is -0.356. The number of hydrogen-bond donors (Lipinski definition) is 1. The molecule has 4 rings (SSSR count). The minimum absolute atomic E-state index is 0.203. The number of thioether (sulfide) groups is 1. The van der Waals surface area contributed by atoms with Crippen LogP contribution in [0.4, 0.5) is 5.69 Å². The first-order chi connectivity index (χ1) is 15.3. The number of amides is 2. The fraction of sp³-hybridized carbons (Fsp3) is 0.200. The largest absolute Gasteiger partial charge is 0.350 e. The van der Waals surface area contributed by atoms with Crippen LogP contribution >= 0.6 is 11.8 Å². The fourth-order valence-corrected chi connectivity index (χ4v) is 4.59. The minimum Gasteiger partial charge on any atom is -0.350 e. The van der Waals surface area contributed by atoms with Gasteiger partial charge in [0.05, 0.1) is 6.54 Å². The average Bonchev–Trinajstić information content (AvgIpc) is 2.94. The lowest BCUT2D eigenvalue weighted by atomic mass is 10.1. The number of rotatable bonds is 6. The quantitative estimate of drug-likeness (QED) is 0.439. The number of hydrogen-bond acceptors (Lipinski definition) is 6. The van der Waals surface area contributed by atoms with Crippen molar-refractivity contribution >= 4 is 29.3 Å². The van der Waals surface area contributed by atoms with Gasteiger partial charge in [-0.05, 0) is 62.7 Å². The summed E-state index contributed by atoms with van der Waals surface area (Å²) in [5.41, 5.74) is 5.66. The molecule has 0 atom stereocenters. The van der Waals surface area contributed by atoms with E-state index in [9.17, 15) is 9.59 Å². The van der Waals surface area contributed by atoms with E-state index in [2.05, 4.69) is 15.3 Å². The number of aryl methyl sites for hydroxylation is 4. The second kappa shape index (κ2) is 8.96. The van der Waals surface area contributed by atoms with Gasteiger partial charge in [0.2, 0.25) is 0 Å². The Morgan fingerprint density at radius 3 is 2.22 bits per heavy atom. The molecule has 32 heavy (non-hydrogen) atoms. The molecule has 2 amide bonds. The van der Waals surface area contributed by atoms with E-state index in [1.54, 1.807) is 0 Å². The van der Waals surface area contributed by atoms with Gasteiger partial charge >= 0.3 is 0 Å². The Morgan fingerprint density at radius 2 is 1.56 bits per heavy atom. The zero-order chi connectivity index (χ0) is 22.8. The van der Waals surface area contributed by atoms with Gasteiger partial charge in [0, 0.05) is 17.1 Å². The fourth-order valence-electron chi connectivity index (χ4n) is 3.59. The molecular formula is C25H24N4O2S. The molecule has 1 N–H and O–H groups in total. The van der Waals surface area contributed by atoms with E-state index in [4.69, 9.17) is 0 Å². The Bertz CT molecular complexity index is 1220. The molecule has 0 radical (unpaired) electrons. The highest BCUT2D eigenvalue weighted by Gasteiger charge is 2.39. The maximum atomic E-state index is 13.4. The highest BCUT2D eigenvalue weighted by molar-refractivity contribution is 8.04. The van der Waals surface area contributed by atoms with Crippen LogP contribution in [0.1, 0.15) is 28.1 Å². The van der Waals surface area contributed by atoms with Crippen LogP contribution in [0.15, 0.2) is 70.4 Å². The lowest BCUT2D eigenvalue weighted by Crippen LogP contribution is -2.32. The molecule has 0 saturated carbocycles. The first-order valence-corrected chi connectivity index (χ1v) is 11.1. The number of benzene rings is 2. The topological polar surface area (TPSA) is 75.2 Å². The number of nitrogens with zero attached hydrogens (tertiary/aromatic N) is 3. The van der Waals surface area contributed by atoms with Crippen LogP contribution < -0.4 is 5.32 Å². The van der Waals surface area contributed by atoms with Gasteiger partial charge in [-0.2, -0.15) is 0 Å². The van der Waals surface area contributed by atoms with Crippen LogP contribution in [0.3, 0.4) is 0 Å². The van der Waals surface area contributed by atoms with Gasteiger partial charge in [-0.25, -0.2) is 9.97 Å². The molecule has 162 valence electrons. The summed E-state index contributed by atoms with van der Waals surface area (Å²) in [7, 11) is 0. The van der Waals surface area contributed by atoms with Crippen molar-refractivity contribution < 1.29 is 9.59 Å². The van der Waals surface area contributed by atoms with E-state index >= 15 is 0 Å². The van der Waals surface area contributed by atoms with Gasteiger partial charge in [0.1, 0.15) is 10.6 Å². The summed E-state index contributed by atoms with van der Waals surface area (Å²) >= 11 is 1.12. The summed E-state index contributed by atoms with van der Waals surface area (Å²) in [6.07, 6.45) is 0. The zero-order valence-corrected chi connectivity index (χ0v) is 19.3. The summed E-state index contributed by atoms with van der Waals surface area (Å²) in [4.78, 5) is 37.2. The third-order valence-electron chi connectivity index (χ3n) is 5.11. The normalized spacial score (nSPS) is 13.8. The van der Waals surface area contributed by atoms with Gasteiger partial charge in [-0.1, -0.05) is 48.0 Å². The van der Waals surface area contributed by atoms with Gasteiger partial charge in [-0.3, -0.25) is 14.5 Å². The van der Waals surface area contributed by atoms with Crippen LogP contribution in [-0.2, 0) is 16.1 Å². The average molecular weight is 445 g/mol. The summed E-state index contributed by atoms with van der Waals surface area (Å²) < 4.78 is 0. The zero-order valence-electron chi connectivity index (χ0n) is 18.5. The molecule has 2 heterocycles. The summed E-state index contributed by atoms with van der Waals surface area (Å²) in [6, 6.07) is 17.3. The molecule has 0 unspecified atom stereocenters. The first kappa shape index (κ1) is 21.8. The Labute approximate surface area is 191 Å². The van der Waals surface area contributed by atoms with Crippen molar-refractivity contribution in [2.45, 2.75) is 39.4 Å². The van der Waals surface area contributed by atoms with E-state index < -0.39 is 0 Å². The predicted molar refractivity (Wildman–Crippen MR) is 126 cm³/mol. The number of imide groups is 1. The monoisotopic (exact) mass is 444 g/mol. The molecule has 1 aliphatic heterocycles. The van der Waals surface area contributed by atoms with Crippen LogP contribution in [0.25, 0.3) is 0 Å². The van der Waals surface area contributed by atoms with Crippen LogP contribution in [-0.4, -0.2) is 26.7 Å². The van der Waals surface area contributed by atoms with Crippen LogP contribution in [0.5, 0.6) is 0 Å². The third kappa shape index (κ3) is 4.57. The summed E-state index contributed by atoms with van der Waals surface area (Å²) in [5.74, 6) is -0.704. The number of aromatic nitrogens is 2. The van der Waals surface area contributed by atoms with Crippen molar-refractivity contribution in [3.8, 4) is 0 Å². The van der Waals surface area contributed by atoms with Gasteiger partial charge in [0.25, 0.3) is 11.8 Å². The Hall–Kier alpha value is -3.45. The second-order valence-corrected chi connectivity index (χ2v) is 8.84. The molecule has 3 aromatic rings. The van der Waals surface area contributed by atoms with Crippen molar-refractivity contribution in [1.82, 2.24) is 14.9 Å². The van der Waals surface area contributed by atoms with Gasteiger partial charge < -0.3 is 5.32 Å². The molecule has 1 aliphatic rings. The van der Waals surface area contributed by atoms with Crippen molar-refractivity contribution in [3.05, 3.63) is 93.3 Å². The Kier molecular flexibility index (Phi) is 6.10. The van der Waals surface area contributed by atoms with E-state index in [0.717, 1.165) is 45.5 Å².